The van der Waals surface area contributed by atoms with Crippen molar-refractivity contribution in [3.05, 3.63) is 59.4 Å². The van der Waals surface area contributed by atoms with E-state index in [4.69, 9.17) is 5.73 Å². The first-order chi connectivity index (χ1) is 11.9. The van der Waals surface area contributed by atoms with Crippen LogP contribution in [0.3, 0.4) is 0 Å². The number of rotatable bonds is 3. The van der Waals surface area contributed by atoms with Crippen LogP contribution in [-0.2, 0) is 4.79 Å². The van der Waals surface area contributed by atoms with Crippen molar-refractivity contribution in [2.24, 2.45) is 5.73 Å². The minimum atomic E-state index is -1.53. The van der Waals surface area contributed by atoms with Gasteiger partial charge in [-0.2, -0.15) is 0 Å². The molecule has 7 heteroatoms. The Morgan fingerprint density at radius 1 is 1.00 bits per heavy atom. The number of hydrogen-bond donors (Lipinski definition) is 1. The molecular weight excluding hydrogens is 333 g/mol. The van der Waals surface area contributed by atoms with Gasteiger partial charge in [-0.25, -0.2) is 13.2 Å². The van der Waals surface area contributed by atoms with Crippen LogP contribution in [0.5, 0.6) is 0 Å². The van der Waals surface area contributed by atoms with Gasteiger partial charge in [0.25, 0.3) is 5.91 Å². The molecular formula is C18H15F3N2O2. The predicted octanol–water partition coefficient (Wildman–Crippen LogP) is 2.86. The summed E-state index contributed by atoms with van der Waals surface area (Å²) in [4.78, 5) is 25.3. The molecule has 25 heavy (non-hydrogen) atoms. The van der Waals surface area contributed by atoms with Gasteiger partial charge in [0.1, 0.15) is 6.04 Å². The third-order valence-electron chi connectivity index (χ3n) is 4.29. The number of nitrogens with two attached hydrogens (primary N) is 1. The maximum absolute atomic E-state index is 13.3. The Kier molecular flexibility index (Phi) is 4.48. The van der Waals surface area contributed by atoms with Gasteiger partial charge in [0, 0.05) is 12.1 Å². The number of carbonyl (C=O) groups excluding carboxylic acids is 2. The lowest BCUT2D eigenvalue weighted by molar-refractivity contribution is -0.121. The smallest absolute Gasteiger partial charge is 0.254 e. The van der Waals surface area contributed by atoms with Gasteiger partial charge in [-0.1, -0.05) is 12.1 Å². The van der Waals surface area contributed by atoms with Gasteiger partial charge in [0.2, 0.25) is 5.91 Å². The molecule has 2 aromatic rings. The number of likely N-dealkylation sites (tertiary alicyclic amines) is 1. The van der Waals surface area contributed by atoms with Crippen molar-refractivity contribution in [3.8, 4) is 11.1 Å². The topological polar surface area (TPSA) is 63.4 Å². The van der Waals surface area contributed by atoms with Crippen LogP contribution in [0.1, 0.15) is 23.2 Å². The number of amides is 2. The molecule has 0 aliphatic carbocycles. The third kappa shape index (κ3) is 3.22. The number of nitrogens with zero attached hydrogens (tertiary/aromatic N) is 1. The average Bonchev–Trinajstić information content (AvgIpc) is 3.08. The van der Waals surface area contributed by atoms with E-state index in [0.29, 0.717) is 30.5 Å². The first-order valence-corrected chi connectivity index (χ1v) is 7.73. The second kappa shape index (κ2) is 6.58. The number of halogens is 3. The number of primary amides is 1. The van der Waals surface area contributed by atoms with Crippen molar-refractivity contribution in [3.63, 3.8) is 0 Å². The van der Waals surface area contributed by atoms with Gasteiger partial charge in [-0.15, -0.1) is 0 Å². The van der Waals surface area contributed by atoms with E-state index in [0.717, 1.165) is 12.1 Å². The number of benzene rings is 2. The van der Waals surface area contributed by atoms with Crippen LogP contribution in [0.15, 0.2) is 36.4 Å². The van der Waals surface area contributed by atoms with Gasteiger partial charge in [0.05, 0.1) is 0 Å². The average molecular weight is 348 g/mol. The van der Waals surface area contributed by atoms with Gasteiger partial charge >= 0.3 is 0 Å². The second-order valence-electron chi connectivity index (χ2n) is 5.89. The molecule has 0 aromatic heterocycles. The quantitative estimate of drug-likeness (QED) is 0.867. The monoisotopic (exact) mass is 348 g/mol. The minimum Gasteiger partial charge on any atom is -0.368 e. The molecule has 1 heterocycles. The molecule has 3 rings (SSSR count). The van der Waals surface area contributed by atoms with E-state index < -0.39 is 29.4 Å². The molecule has 0 saturated carbocycles. The van der Waals surface area contributed by atoms with E-state index in [1.54, 1.807) is 0 Å². The summed E-state index contributed by atoms with van der Waals surface area (Å²) in [6.45, 7) is 0.447. The lowest BCUT2D eigenvalue weighted by Gasteiger charge is -2.22. The molecule has 1 aliphatic heterocycles. The summed E-state index contributed by atoms with van der Waals surface area (Å²) in [5, 5.41) is 0. The summed E-state index contributed by atoms with van der Waals surface area (Å²) in [5.74, 6) is -4.96. The fourth-order valence-electron chi connectivity index (χ4n) is 3.00. The zero-order valence-electron chi connectivity index (χ0n) is 13.1. The van der Waals surface area contributed by atoms with E-state index in [9.17, 15) is 22.8 Å². The molecule has 4 nitrogen and oxygen atoms in total. The lowest BCUT2D eigenvalue weighted by atomic mass is 10.0. The summed E-state index contributed by atoms with van der Waals surface area (Å²) >= 11 is 0. The van der Waals surface area contributed by atoms with Gasteiger partial charge < -0.3 is 10.6 Å². The van der Waals surface area contributed by atoms with Gasteiger partial charge in [-0.3, -0.25) is 9.59 Å². The van der Waals surface area contributed by atoms with Crippen LogP contribution >= 0.6 is 0 Å². The molecule has 1 aliphatic rings. The molecule has 130 valence electrons. The summed E-state index contributed by atoms with van der Waals surface area (Å²) in [6, 6.07) is 7.16. The van der Waals surface area contributed by atoms with E-state index >= 15 is 0 Å². The van der Waals surface area contributed by atoms with E-state index in [1.165, 1.54) is 29.2 Å². The fraction of sp³-hybridized carbons (Fsp3) is 0.222. The molecule has 0 bridgehead atoms. The van der Waals surface area contributed by atoms with Crippen molar-refractivity contribution >= 4 is 11.8 Å². The van der Waals surface area contributed by atoms with Crippen molar-refractivity contribution in [2.45, 2.75) is 18.9 Å². The van der Waals surface area contributed by atoms with E-state index in [1.807, 2.05) is 0 Å². The predicted molar refractivity (Wildman–Crippen MR) is 85.0 cm³/mol. The maximum Gasteiger partial charge on any atom is 0.254 e. The van der Waals surface area contributed by atoms with Crippen LogP contribution in [0, 0.1) is 17.5 Å². The van der Waals surface area contributed by atoms with Crippen molar-refractivity contribution in [2.75, 3.05) is 6.54 Å². The molecule has 0 radical (unpaired) electrons. The first kappa shape index (κ1) is 17.0. The third-order valence-corrected chi connectivity index (χ3v) is 4.29. The molecule has 2 amide bonds. The molecule has 1 unspecified atom stereocenters. The highest BCUT2D eigenvalue weighted by Gasteiger charge is 2.33. The van der Waals surface area contributed by atoms with Gasteiger partial charge in [0.15, 0.2) is 17.5 Å². The van der Waals surface area contributed by atoms with Crippen LogP contribution in [0.4, 0.5) is 13.2 Å². The first-order valence-electron chi connectivity index (χ1n) is 7.73. The zero-order valence-corrected chi connectivity index (χ0v) is 13.1. The normalized spacial score (nSPS) is 16.9. The summed E-state index contributed by atoms with van der Waals surface area (Å²) in [5.41, 5.74) is 6.23. The highest BCUT2D eigenvalue weighted by molar-refractivity contribution is 5.98. The van der Waals surface area contributed by atoms with Crippen molar-refractivity contribution < 1.29 is 22.8 Å². The molecule has 2 aromatic carbocycles. The van der Waals surface area contributed by atoms with Crippen LogP contribution in [0.2, 0.25) is 0 Å². The number of hydrogen-bond acceptors (Lipinski definition) is 2. The van der Waals surface area contributed by atoms with Crippen molar-refractivity contribution in [1.82, 2.24) is 4.90 Å². The fourth-order valence-corrected chi connectivity index (χ4v) is 3.00. The zero-order chi connectivity index (χ0) is 18.1. The highest BCUT2D eigenvalue weighted by atomic mass is 19.2. The van der Waals surface area contributed by atoms with Crippen LogP contribution < -0.4 is 5.73 Å². The lowest BCUT2D eigenvalue weighted by Crippen LogP contribution is -2.43. The maximum atomic E-state index is 13.3. The Labute approximate surface area is 142 Å². The Bertz CT molecular complexity index is 814. The minimum absolute atomic E-state index is 0.159. The summed E-state index contributed by atoms with van der Waals surface area (Å²) < 4.78 is 39.7. The standard InChI is InChI=1S/C18H15F3N2O2/c19-13-8-12(9-14(20)16(13)21)10-3-5-11(6-4-10)18(25)23-7-1-2-15(23)17(22)24/h3-6,8-9,15H,1-2,7H2,(H2,22,24). The highest BCUT2D eigenvalue weighted by Crippen LogP contribution is 2.25. The second-order valence-corrected chi connectivity index (χ2v) is 5.89. The summed E-state index contributed by atoms with van der Waals surface area (Å²) in [7, 11) is 0. The SMILES string of the molecule is NC(=O)C1CCCN1C(=O)c1ccc(-c2cc(F)c(F)c(F)c2)cc1. The van der Waals surface area contributed by atoms with Crippen LogP contribution in [-0.4, -0.2) is 29.3 Å². The Morgan fingerprint density at radius 3 is 2.16 bits per heavy atom. The Morgan fingerprint density at radius 2 is 1.60 bits per heavy atom. The molecule has 1 fully saturated rings. The molecule has 1 atom stereocenters. The van der Waals surface area contributed by atoms with Crippen molar-refractivity contribution in [1.29, 1.82) is 0 Å². The van der Waals surface area contributed by atoms with E-state index in [2.05, 4.69) is 0 Å². The van der Waals surface area contributed by atoms with Crippen LogP contribution in [0.25, 0.3) is 11.1 Å². The summed E-state index contributed by atoms with van der Waals surface area (Å²) in [6.07, 6.45) is 1.23. The van der Waals surface area contributed by atoms with Gasteiger partial charge in [-0.05, 0) is 48.2 Å². The molecule has 1 saturated heterocycles. The molecule has 2 N–H and O–H groups in total. The number of carbonyl (C=O) groups is 2. The largest absolute Gasteiger partial charge is 0.368 e. The Hall–Kier alpha value is -2.83. The molecule has 0 spiro atoms. The van der Waals surface area contributed by atoms with E-state index in [-0.39, 0.29) is 11.5 Å². The Balaban J connectivity index is 1.85.